The molecule has 0 amide bonds. The lowest BCUT2D eigenvalue weighted by atomic mass is 9.91. The molecule has 1 fully saturated rings. The topological polar surface area (TPSA) is 44.5 Å². The summed E-state index contributed by atoms with van der Waals surface area (Å²) in [7, 11) is 0. The van der Waals surface area contributed by atoms with Crippen molar-refractivity contribution in [3.63, 3.8) is 0 Å². The fourth-order valence-corrected chi connectivity index (χ4v) is 3.10. The van der Waals surface area contributed by atoms with Crippen LogP contribution >= 0.6 is 0 Å². The summed E-state index contributed by atoms with van der Waals surface area (Å²) >= 11 is 0. The first-order chi connectivity index (χ1) is 8.45. The largest absolute Gasteiger partial charge is 0.454 e. The molecule has 0 spiro atoms. The Morgan fingerprint density at radius 3 is 2.56 bits per heavy atom. The van der Waals surface area contributed by atoms with Crippen molar-refractivity contribution in [3.05, 3.63) is 23.8 Å². The smallest absolute Gasteiger partial charge is 0.231 e. The van der Waals surface area contributed by atoms with E-state index >= 15 is 0 Å². The van der Waals surface area contributed by atoms with Gasteiger partial charge >= 0.3 is 0 Å². The van der Waals surface area contributed by atoms with Crippen LogP contribution in [0.2, 0.25) is 0 Å². The summed E-state index contributed by atoms with van der Waals surface area (Å²) in [5.41, 5.74) is 8.02. The zero-order valence-electron chi connectivity index (χ0n) is 11.3. The molecule has 0 aromatic heterocycles. The van der Waals surface area contributed by atoms with Gasteiger partial charge in [-0.25, -0.2) is 0 Å². The minimum atomic E-state index is 0.267. The van der Waals surface area contributed by atoms with E-state index in [0.717, 1.165) is 24.3 Å². The predicted molar refractivity (Wildman–Crippen MR) is 70.7 cm³/mol. The molecular weight excluding hydrogens is 226 g/mol. The molecule has 1 aromatic carbocycles. The first-order valence-electron chi connectivity index (χ1n) is 6.59. The molecule has 2 atom stereocenters. The number of hydrogen-bond donors (Lipinski definition) is 1. The lowest BCUT2D eigenvalue weighted by molar-refractivity contribution is 0.174. The van der Waals surface area contributed by atoms with E-state index in [1.807, 2.05) is 6.07 Å². The molecule has 1 aliphatic heterocycles. The summed E-state index contributed by atoms with van der Waals surface area (Å²) in [4.78, 5) is 0. The Morgan fingerprint density at radius 2 is 1.89 bits per heavy atom. The molecule has 2 aliphatic rings. The SMILES string of the molecule is CC1(C)C(N)C1(C)CCc1ccc2c(c1)OCO2. The molecule has 3 heteroatoms. The number of rotatable bonds is 3. The van der Waals surface area contributed by atoms with Crippen molar-refractivity contribution in [2.24, 2.45) is 16.6 Å². The summed E-state index contributed by atoms with van der Waals surface area (Å²) in [5, 5.41) is 0. The maximum atomic E-state index is 6.19. The van der Waals surface area contributed by atoms with Crippen LogP contribution in [-0.4, -0.2) is 12.8 Å². The minimum absolute atomic E-state index is 0.267. The lowest BCUT2D eigenvalue weighted by Crippen LogP contribution is -2.11. The Bertz CT molecular complexity index is 483. The number of benzene rings is 1. The molecule has 1 heterocycles. The molecule has 3 nitrogen and oxygen atoms in total. The average Bonchev–Trinajstić information content (AvgIpc) is 2.76. The third kappa shape index (κ3) is 1.53. The third-order valence-corrected chi connectivity index (χ3v) is 5.22. The molecule has 98 valence electrons. The Hall–Kier alpha value is -1.22. The number of fused-ring (bicyclic) bond motifs is 1. The van der Waals surface area contributed by atoms with Crippen molar-refractivity contribution in [2.75, 3.05) is 6.79 Å². The fourth-order valence-electron chi connectivity index (χ4n) is 3.10. The molecule has 2 unspecified atom stereocenters. The number of nitrogens with two attached hydrogens (primary N) is 1. The molecule has 0 radical (unpaired) electrons. The molecule has 18 heavy (non-hydrogen) atoms. The summed E-state index contributed by atoms with van der Waals surface area (Å²) in [5.74, 6) is 1.73. The summed E-state index contributed by atoms with van der Waals surface area (Å²) in [6.07, 6.45) is 2.17. The van der Waals surface area contributed by atoms with Crippen LogP contribution < -0.4 is 15.2 Å². The summed E-state index contributed by atoms with van der Waals surface area (Å²) < 4.78 is 10.7. The molecule has 3 rings (SSSR count). The maximum absolute atomic E-state index is 6.19. The van der Waals surface area contributed by atoms with Gasteiger partial charge in [0.1, 0.15) is 0 Å². The maximum Gasteiger partial charge on any atom is 0.231 e. The highest BCUT2D eigenvalue weighted by atomic mass is 16.7. The minimum Gasteiger partial charge on any atom is -0.454 e. The van der Waals surface area contributed by atoms with Gasteiger partial charge in [0.05, 0.1) is 0 Å². The number of ether oxygens (including phenoxy) is 2. The van der Waals surface area contributed by atoms with Gasteiger partial charge in [-0.3, -0.25) is 0 Å². The Morgan fingerprint density at radius 1 is 1.22 bits per heavy atom. The second-order valence-electron chi connectivity index (χ2n) is 6.30. The van der Waals surface area contributed by atoms with Gasteiger partial charge in [-0.1, -0.05) is 26.8 Å². The molecule has 2 N–H and O–H groups in total. The zero-order chi connectivity index (χ0) is 13.0. The van der Waals surface area contributed by atoms with Crippen LogP contribution in [0.3, 0.4) is 0 Å². The van der Waals surface area contributed by atoms with Crippen molar-refractivity contribution >= 4 is 0 Å². The van der Waals surface area contributed by atoms with Gasteiger partial charge in [-0.05, 0) is 41.4 Å². The van der Waals surface area contributed by atoms with Gasteiger partial charge in [-0.15, -0.1) is 0 Å². The highest BCUT2D eigenvalue weighted by molar-refractivity contribution is 5.44. The summed E-state index contributed by atoms with van der Waals surface area (Å²) in [6.45, 7) is 7.16. The molecule has 0 bridgehead atoms. The van der Waals surface area contributed by atoms with Crippen LogP contribution in [-0.2, 0) is 6.42 Å². The fraction of sp³-hybridized carbons (Fsp3) is 0.600. The van der Waals surface area contributed by atoms with E-state index in [4.69, 9.17) is 15.2 Å². The van der Waals surface area contributed by atoms with Gasteiger partial charge in [0.2, 0.25) is 6.79 Å². The van der Waals surface area contributed by atoms with Crippen LogP contribution in [0.1, 0.15) is 32.8 Å². The normalized spacial score (nSPS) is 31.4. The van der Waals surface area contributed by atoms with Crippen molar-refractivity contribution in [2.45, 2.75) is 39.7 Å². The van der Waals surface area contributed by atoms with E-state index in [9.17, 15) is 0 Å². The number of aryl methyl sites for hydroxylation is 1. The van der Waals surface area contributed by atoms with Gasteiger partial charge in [0, 0.05) is 6.04 Å². The van der Waals surface area contributed by atoms with E-state index in [0.29, 0.717) is 12.8 Å². The second-order valence-corrected chi connectivity index (χ2v) is 6.30. The Balaban J connectivity index is 1.68. The highest BCUT2D eigenvalue weighted by Crippen LogP contribution is 2.64. The van der Waals surface area contributed by atoms with Crippen LogP contribution in [0.5, 0.6) is 11.5 Å². The first kappa shape index (κ1) is 11.8. The first-order valence-corrected chi connectivity index (χ1v) is 6.59. The zero-order valence-corrected chi connectivity index (χ0v) is 11.3. The third-order valence-electron chi connectivity index (χ3n) is 5.22. The monoisotopic (exact) mass is 247 g/mol. The quantitative estimate of drug-likeness (QED) is 0.893. The predicted octanol–water partition coefficient (Wildman–Crippen LogP) is 2.72. The average molecular weight is 247 g/mol. The lowest BCUT2D eigenvalue weighted by Gasteiger charge is -2.14. The number of hydrogen-bond acceptors (Lipinski definition) is 3. The molecule has 1 aliphatic carbocycles. The van der Waals surface area contributed by atoms with Gasteiger partial charge < -0.3 is 15.2 Å². The van der Waals surface area contributed by atoms with Crippen molar-refractivity contribution < 1.29 is 9.47 Å². The molecule has 0 saturated heterocycles. The van der Waals surface area contributed by atoms with Crippen LogP contribution in [0.25, 0.3) is 0 Å². The van der Waals surface area contributed by atoms with E-state index in [1.165, 1.54) is 5.56 Å². The second kappa shape index (κ2) is 3.64. The van der Waals surface area contributed by atoms with Crippen molar-refractivity contribution in [3.8, 4) is 11.5 Å². The van der Waals surface area contributed by atoms with Crippen molar-refractivity contribution in [1.82, 2.24) is 0 Å². The Labute approximate surface area is 108 Å². The molecule has 1 aromatic rings. The van der Waals surface area contributed by atoms with Crippen LogP contribution in [0.4, 0.5) is 0 Å². The van der Waals surface area contributed by atoms with Crippen LogP contribution in [0, 0.1) is 10.8 Å². The highest BCUT2D eigenvalue weighted by Gasteiger charge is 2.65. The standard InChI is InChI=1S/C15H21NO2/c1-14(2)13(16)15(14,3)7-6-10-4-5-11-12(8-10)18-9-17-11/h4-5,8,13H,6-7,9,16H2,1-3H3. The Kier molecular flexibility index (Phi) is 2.39. The van der Waals surface area contributed by atoms with Gasteiger partial charge in [0.25, 0.3) is 0 Å². The molecular formula is C15H21NO2. The van der Waals surface area contributed by atoms with Crippen LogP contribution in [0.15, 0.2) is 18.2 Å². The van der Waals surface area contributed by atoms with E-state index in [-0.39, 0.29) is 10.8 Å². The van der Waals surface area contributed by atoms with E-state index < -0.39 is 0 Å². The summed E-state index contributed by atoms with van der Waals surface area (Å²) in [6, 6.07) is 6.53. The van der Waals surface area contributed by atoms with Gasteiger partial charge in [0.15, 0.2) is 11.5 Å². The van der Waals surface area contributed by atoms with Crippen molar-refractivity contribution in [1.29, 1.82) is 0 Å². The van der Waals surface area contributed by atoms with E-state index in [2.05, 4.69) is 32.9 Å². The van der Waals surface area contributed by atoms with E-state index in [1.54, 1.807) is 0 Å². The molecule has 1 saturated carbocycles. The van der Waals surface area contributed by atoms with Gasteiger partial charge in [-0.2, -0.15) is 0 Å².